The van der Waals surface area contributed by atoms with Crippen LogP contribution in [0, 0.1) is 0 Å². The lowest BCUT2D eigenvalue weighted by Crippen LogP contribution is -3.13. The van der Waals surface area contributed by atoms with Crippen molar-refractivity contribution in [3.8, 4) is 11.5 Å². The minimum absolute atomic E-state index is 0.0218. The molecular weight excluding hydrogens is 374 g/mol. The maximum atomic E-state index is 12.8. The van der Waals surface area contributed by atoms with Crippen LogP contribution in [0.25, 0.3) is 10.2 Å². The number of benzene rings is 2. The molecule has 2 aromatic carbocycles. The second-order valence-electron chi connectivity index (χ2n) is 7.19. The number of thiazole rings is 1. The van der Waals surface area contributed by atoms with Crippen LogP contribution >= 0.6 is 11.3 Å². The monoisotopic (exact) mass is 396 g/mol. The maximum Gasteiger partial charge on any atom is 0.267 e. The second-order valence-corrected chi connectivity index (χ2v) is 8.31. The molecule has 3 aromatic rings. The third-order valence-corrected chi connectivity index (χ3v) is 6.34. The Bertz CT molecular complexity index is 964. The highest BCUT2D eigenvalue weighted by atomic mass is 32.1. The summed E-state index contributed by atoms with van der Waals surface area (Å²) in [5, 5.41) is 1.16. The molecule has 0 saturated carbocycles. The normalized spacial score (nSPS) is 19.7. The van der Waals surface area contributed by atoms with Crippen molar-refractivity contribution in [2.45, 2.75) is 12.6 Å². The molecule has 0 spiro atoms. The van der Waals surface area contributed by atoms with Gasteiger partial charge in [-0.3, -0.25) is 4.79 Å². The van der Waals surface area contributed by atoms with Crippen molar-refractivity contribution < 1.29 is 19.2 Å². The Morgan fingerprint density at radius 1 is 1.11 bits per heavy atom. The Morgan fingerprint density at radius 3 is 2.68 bits per heavy atom. The van der Waals surface area contributed by atoms with E-state index in [1.807, 2.05) is 35.2 Å². The van der Waals surface area contributed by atoms with Gasteiger partial charge >= 0.3 is 0 Å². The van der Waals surface area contributed by atoms with Gasteiger partial charge in [0.05, 0.1) is 36.4 Å². The molecule has 1 fully saturated rings. The van der Waals surface area contributed by atoms with Crippen LogP contribution in [0.2, 0.25) is 0 Å². The minimum Gasteiger partial charge on any atom is -0.485 e. The molecule has 5 rings (SSSR count). The number of carbonyl (C=O) groups excluding carboxylic acids is 1. The van der Waals surface area contributed by atoms with Gasteiger partial charge in [0.15, 0.2) is 11.5 Å². The van der Waals surface area contributed by atoms with Crippen molar-refractivity contribution in [1.29, 1.82) is 0 Å². The highest BCUT2D eigenvalue weighted by Gasteiger charge is 2.33. The van der Waals surface area contributed by atoms with Gasteiger partial charge in [-0.1, -0.05) is 24.3 Å². The van der Waals surface area contributed by atoms with Crippen molar-refractivity contribution in [1.82, 2.24) is 9.88 Å². The number of nitrogens with one attached hydrogen (secondary N) is 1. The van der Waals surface area contributed by atoms with Gasteiger partial charge in [-0.2, -0.15) is 0 Å². The zero-order chi connectivity index (χ0) is 18.9. The first kappa shape index (κ1) is 17.5. The summed E-state index contributed by atoms with van der Waals surface area (Å²) in [5.74, 6) is 1.37. The van der Waals surface area contributed by atoms with Crippen LogP contribution in [0.15, 0.2) is 48.5 Å². The molecule has 0 aliphatic carbocycles. The van der Waals surface area contributed by atoms with Crippen LogP contribution in [-0.4, -0.2) is 54.7 Å². The molecule has 1 aromatic heterocycles. The number of rotatable bonds is 3. The molecule has 1 atom stereocenters. The zero-order valence-electron chi connectivity index (χ0n) is 15.5. The number of piperazine rings is 1. The molecule has 2 aliphatic heterocycles. The predicted molar refractivity (Wildman–Crippen MR) is 107 cm³/mol. The summed E-state index contributed by atoms with van der Waals surface area (Å²) in [7, 11) is 0. The fourth-order valence-corrected chi connectivity index (χ4v) is 4.81. The average Bonchev–Trinajstić information content (AvgIpc) is 3.16. The van der Waals surface area contributed by atoms with Gasteiger partial charge in [0.25, 0.3) is 5.91 Å². The van der Waals surface area contributed by atoms with Gasteiger partial charge in [-0.05, 0) is 24.3 Å². The van der Waals surface area contributed by atoms with E-state index in [4.69, 9.17) is 14.5 Å². The van der Waals surface area contributed by atoms with Crippen LogP contribution in [0.5, 0.6) is 11.5 Å². The largest absolute Gasteiger partial charge is 0.485 e. The van der Waals surface area contributed by atoms with Crippen LogP contribution in [0.3, 0.4) is 0 Å². The third-order valence-electron chi connectivity index (χ3n) is 5.31. The number of carbonyl (C=O) groups is 1. The molecule has 28 heavy (non-hydrogen) atoms. The number of fused-ring (bicyclic) bond motifs is 2. The predicted octanol–water partition coefficient (Wildman–Crippen LogP) is 1.36. The van der Waals surface area contributed by atoms with E-state index in [0.717, 1.165) is 43.2 Å². The highest BCUT2D eigenvalue weighted by Crippen LogP contribution is 2.31. The topological polar surface area (TPSA) is 56.1 Å². The molecular formula is C21H22N3O3S+. The van der Waals surface area contributed by atoms with Gasteiger partial charge in [0, 0.05) is 0 Å². The Morgan fingerprint density at radius 2 is 1.86 bits per heavy atom. The van der Waals surface area contributed by atoms with E-state index in [2.05, 4.69) is 18.2 Å². The Balaban J connectivity index is 1.17. The van der Waals surface area contributed by atoms with Gasteiger partial charge in [-0.15, -0.1) is 11.3 Å². The smallest absolute Gasteiger partial charge is 0.267 e. The van der Waals surface area contributed by atoms with Crippen molar-refractivity contribution in [2.24, 2.45) is 0 Å². The summed E-state index contributed by atoms with van der Waals surface area (Å²) in [6, 6.07) is 15.8. The highest BCUT2D eigenvalue weighted by molar-refractivity contribution is 7.18. The van der Waals surface area contributed by atoms with Crippen LogP contribution in [-0.2, 0) is 11.3 Å². The molecule has 0 bridgehead atoms. The molecule has 1 saturated heterocycles. The van der Waals surface area contributed by atoms with E-state index in [0.29, 0.717) is 11.5 Å². The molecule has 3 heterocycles. The van der Waals surface area contributed by atoms with Gasteiger partial charge in [0.1, 0.15) is 18.2 Å². The Kier molecular flexibility index (Phi) is 4.62. The number of aromatic nitrogens is 1. The summed E-state index contributed by atoms with van der Waals surface area (Å²) in [5.41, 5.74) is 1.07. The molecule has 0 unspecified atom stereocenters. The van der Waals surface area contributed by atoms with Crippen molar-refractivity contribution in [2.75, 3.05) is 32.8 Å². The first-order valence-electron chi connectivity index (χ1n) is 9.61. The summed E-state index contributed by atoms with van der Waals surface area (Å²) < 4.78 is 12.8. The summed E-state index contributed by atoms with van der Waals surface area (Å²) in [6.07, 6.45) is -0.555. The Labute approximate surface area is 167 Å². The van der Waals surface area contributed by atoms with E-state index in [-0.39, 0.29) is 12.5 Å². The summed E-state index contributed by atoms with van der Waals surface area (Å²) in [6.45, 7) is 4.51. The number of para-hydroxylation sites is 3. The quantitative estimate of drug-likeness (QED) is 0.727. The van der Waals surface area contributed by atoms with E-state index < -0.39 is 6.10 Å². The standard InChI is InChI=1S/C21H21N3O3S/c25-21(18-14-26-16-6-2-3-7-17(16)27-18)24-11-9-23(10-12-24)13-20-22-15-5-1-4-8-19(15)28-20/h1-8,18H,9-14H2/p+1/t18-/m1/s1. The van der Waals surface area contributed by atoms with E-state index in [1.165, 1.54) is 9.60 Å². The number of nitrogens with zero attached hydrogens (tertiary/aromatic N) is 2. The fraction of sp³-hybridized carbons (Fsp3) is 0.333. The molecule has 0 radical (unpaired) electrons. The third kappa shape index (κ3) is 3.43. The van der Waals surface area contributed by atoms with Gasteiger partial charge in [-0.25, -0.2) is 4.98 Å². The lowest BCUT2D eigenvalue weighted by Gasteiger charge is -2.35. The Hall–Kier alpha value is -2.64. The van der Waals surface area contributed by atoms with Crippen molar-refractivity contribution in [3.63, 3.8) is 0 Å². The summed E-state index contributed by atoms with van der Waals surface area (Å²) in [4.78, 5) is 21.0. The van der Waals surface area contributed by atoms with Crippen molar-refractivity contribution in [3.05, 3.63) is 53.5 Å². The first-order valence-corrected chi connectivity index (χ1v) is 10.4. The van der Waals surface area contributed by atoms with Crippen LogP contribution in [0.4, 0.5) is 0 Å². The zero-order valence-corrected chi connectivity index (χ0v) is 16.3. The average molecular weight is 396 g/mol. The maximum absolute atomic E-state index is 12.8. The first-order chi connectivity index (χ1) is 13.8. The molecule has 2 aliphatic rings. The molecule has 6 nitrogen and oxygen atoms in total. The van der Waals surface area contributed by atoms with E-state index in [1.54, 1.807) is 11.3 Å². The SMILES string of the molecule is O=C([C@H]1COc2ccccc2O1)N1CC[NH+](Cc2nc3ccccc3s2)CC1. The molecule has 1 amide bonds. The van der Waals surface area contributed by atoms with E-state index >= 15 is 0 Å². The molecule has 1 N–H and O–H groups in total. The number of hydrogen-bond acceptors (Lipinski definition) is 5. The fourth-order valence-electron chi connectivity index (χ4n) is 3.77. The lowest BCUT2D eigenvalue weighted by atomic mass is 10.2. The second kappa shape index (κ2) is 7.41. The summed E-state index contributed by atoms with van der Waals surface area (Å²) >= 11 is 1.77. The lowest BCUT2D eigenvalue weighted by molar-refractivity contribution is -0.917. The van der Waals surface area contributed by atoms with Gasteiger partial charge < -0.3 is 19.3 Å². The minimum atomic E-state index is -0.555. The molecule has 7 heteroatoms. The molecule has 144 valence electrons. The number of hydrogen-bond donors (Lipinski definition) is 1. The van der Waals surface area contributed by atoms with E-state index in [9.17, 15) is 4.79 Å². The van der Waals surface area contributed by atoms with Crippen molar-refractivity contribution >= 4 is 27.5 Å². The number of quaternary nitrogens is 1. The number of amides is 1. The van der Waals surface area contributed by atoms with Gasteiger partial charge in [0.2, 0.25) is 6.10 Å². The van der Waals surface area contributed by atoms with Crippen LogP contribution in [0.1, 0.15) is 5.01 Å². The number of ether oxygens (including phenoxy) is 2. The van der Waals surface area contributed by atoms with Crippen LogP contribution < -0.4 is 14.4 Å².